The number of sulfonamides is 1. The summed E-state index contributed by atoms with van der Waals surface area (Å²) < 4.78 is 72.5. The van der Waals surface area contributed by atoms with Gasteiger partial charge in [0, 0.05) is 0 Å². The van der Waals surface area contributed by atoms with Gasteiger partial charge in [-0.2, -0.15) is 5.26 Å². The number of nitrogens with zero attached hydrogens (tertiary/aromatic N) is 2. The molecular formula is C18H11F3N4O5S. The Bertz CT molecular complexity index is 1290. The number of ether oxygens (including phenoxy) is 1. The molecule has 2 heterocycles. The molecule has 0 spiro atoms. The zero-order chi connectivity index (χ0) is 22.5. The Balaban J connectivity index is 1.57. The molecule has 0 saturated carbocycles. The molecule has 0 aliphatic carbocycles. The van der Waals surface area contributed by atoms with Gasteiger partial charge >= 0.3 is 6.03 Å². The summed E-state index contributed by atoms with van der Waals surface area (Å²) >= 11 is 0. The summed E-state index contributed by atoms with van der Waals surface area (Å²) in [6, 6.07) is 3.24. The van der Waals surface area contributed by atoms with Crippen molar-refractivity contribution < 1.29 is 35.9 Å². The molecule has 31 heavy (non-hydrogen) atoms. The molecular weight excluding hydrogens is 441 g/mol. The van der Waals surface area contributed by atoms with Crippen LogP contribution in [0, 0.1) is 28.8 Å². The van der Waals surface area contributed by atoms with Crippen molar-refractivity contribution in [2.45, 2.75) is 10.9 Å². The number of nitriles is 1. The maximum atomic E-state index is 14.3. The lowest BCUT2D eigenvalue weighted by molar-refractivity contribution is -0.121. The lowest BCUT2D eigenvalue weighted by Gasteiger charge is -2.28. The van der Waals surface area contributed by atoms with Crippen molar-refractivity contribution in [3.63, 3.8) is 0 Å². The number of halogens is 3. The van der Waals surface area contributed by atoms with Crippen LogP contribution in [0.4, 0.5) is 23.7 Å². The minimum Gasteiger partial charge on any atom is -0.491 e. The number of rotatable bonds is 3. The highest BCUT2D eigenvalue weighted by Gasteiger charge is 2.41. The van der Waals surface area contributed by atoms with Crippen molar-refractivity contribution in [3.05, 3.63) is 52.8 Å². The van der Waals surface area contributed by atoms with Crippen LogP contribution in [0.15, 0.2) is 29.2 Å². The largest absolute Gasteiger partial charge is 0.491 e. The predicted octanol–water partition coefficient (Wildman–Crippen LogP) is 1.76. The molecule has 2 aliphatic rings. The first kappa shape index (κ1) is 20.5. The third-order valence-corrected chi connectivity index (χ3v) is 6.45. The van der Waals surface area contributed by atoms with Gasteiger partial charge in [0.25, 0.3) is 10.0 Å². The second-order valence-corrected chi connectivity index (χ2v) is 8.39. The van der Waals surface area contributed by atoms with E-state index >= 15 is 0 Å². The van der Waals surface area contributed by atoms with E-state index in [1.807, 2.05) is 0 Å². The van der Waals surface area contributed by atoms with Gasteiger partial charge in [-0.1, -0.05) is 0 Å². The molecule has 3 amide bonds. The van der Waals surface area contributed by atoms with Crippen molar-refractivity contribution in [2.75, 3.05) is 18.5 Å². The molecule has 13 heteroatoms. The van der Waals surface area contributed by atoms with Crippen LogP contribution >= 0.6 is 0 Å². The van der Waals surface area contributed by atoms with Crippen LogP contribution in [0.25, 0.3) is 0 Å². The van der Waals surface area contributed by atoms with E-state index in [2.05, 4.69) is 10.6 Å². The summed E-state index contributed by atoms with van der Waals surface area (Å²) in [4.78, 5) is 23.5. The van der Waals surface area contributed by atoms with Gasteiger partial charge in [0.2, 0.25) is 5.91 Å². The van der Waals surface area contributed by atoms with E-state index in [0.717, 1.165) is 12.1 Å². The number of anilines is 1. The van der Waals surface area contributed by atoms with Crippen LogP contribution in [0.2, 0.25) is 0 Å². The Labute approximate surface area is 173 Å². The number of amides is 3. The van der Waals surface area contributed by atoms with Crippen molar-refractivity contribution in [2.24, 2.45) is 0 Å². The summed E-state index contributed by atoms with van der Waals surface area (Å²) in [6.45, 7) is -1.28. The van der Waals surface area contributed by atoms with E-state index in [0.29, 0.717) is 6.07 Å². The highest BCUT2D eigenvalue weighted by atomic mass is 32.2. The van der Waals surface area contributed by atoms with Gasteiger partial charge in [-0.15, -0.1) is 0 Å². The maximum Gasteiger partial charge on any atom is 0.336 e. The topological polar surface area (TPSA) is 129 Å². The van der Waals surface area contributed by atoms with Crippen LogP contribution in [0.1, 0.15) is 17.2 Å². The average molecular weight is 452 g/mol. The second kappa shape index (κ2) is 7.17. The van der Waals surface area contributed by atoms with Crippen molar-refractivity contribution in [1.82, 2.24) is 9.62 Å². The summed E-state index contributed by atoms with van der Waals surface area (Å²) in [5.74, 6) is -4.95. The molecule has 1 atom stereocenters. The van der Waals surface area contributed by atoms with E-state index in [1.54, 1.807) is 6.07 Å². The molecule has 0 saturated heterocycles. The zero-order valence-electron chi connectivity index (χ0n) is 15.3. The summed E-state index contributed by atoms with van der Waals surface area (Å²) in [6.07, 6.45) is 0. The first-order chi connectivity index (χ1) is 14.6. The fraction of sp³-hybridized carbons (Fsp3) is 0.167. The highest BCUT2D eigenvalue weighted by Crippen LogP contribution is 2.36. The normalized spacial score (nSPS) is 18.3. The number of hydrogen-bond donors (Lipinski definition) is 2. The molecule has 2 aromatic carbocycles. The molecule has 4 rings (SSSR count). The molecule has 0 radical (unpaired) electrons. The van der Waals surface area contributed by atoms with Crippen LogP contribution in [-0.2, 0) is 14.8 Å². The molecule has 9 nitrogen and oxygen atoms in total. The summed E-state index contributed by atoms with van der Waals surface area (Å²) in [5.41, 5.74) is -0.502. The zero-order valence-corrected chi connectivity index (χ0v) is 16.1. The Kier molecular flexibility index (Phi) is 4.74. The molecule has 2 aromatic rings. The van der Waals surface area contributed by atoms with Gasteiger partial charge in [-0.25, -0.2) is 30.7 Å². The fourth-order valence-electron chi connectivity index (χ4n) is 3.29. The lowest BCUT2D eigenvalue weighted by atomic mass is 10.1. The molecule has 160 valence electrons. The van der Waals surface area contributed by atoms with Crippen LogP contribution in [0.3, 0.4) is 0 Å². The minimum atomic E-state index is -4.89. The first-order valence-corrected chi connectivity index (χ1v) is 10.0. The molecule has 0 bridgehead atoms. The first-order valence-electron chi connectivity index (χ1n) is 8.61. The van der Waals surface area contributed by atoms with Gasteiger partial charge in [0.1, 0.15) is 29.6 Å². The van der Waals surface area contributed by atoms with Gasteiger partial charge < -0.3 is 15.4 Å². The SMILES string of the molecule is N#Cc1cc(F)c2c(c1)OC[C@H]2NC(=O)CN1C(=O)Nc2ccc(F)c(F)c2S1(=O)=O. The number of nitrogens with one attached hydrogen (secondary N) is 2. The third kappa shape index (κ3) is 3.30. The molecule has 2 N–H and O–H groups in total. The van der Waals surface area contributed by atoms with Crippen LogP contribution < -0.4 is 15.4 Å². The Morgan fingerprint density at radius 1 is 1.29 bits per heavy atom. The number of carbonyl (C=O) groups is 2. The number of hydrogen-bond acceptors (Lipinski definition) is 6. The third-order valence-electron chi connectivity index (χ3n) is 4.66. The van der Waals surface area contributed by atoms with Crippen LogP contribution in [0.5, 0.6) is 5.75 Å². The molecule has 0 unspecified atom stereocenters. The van der Waals surface area contributed by atoms with E-state index in [9.17, 15) is 31.2 Å². The standard InChI is InChI=1S/C18H11F3N4O5S/c19-9-1-2-11-17(16(9)21)31(28,29)25(18(27)24-11)6-14(26)23-12-7-30-13-4-8(5-22)3-10(20)15(12)13/h1-4,12H,6-7H2,(H,23,26)(H,24,27)/t12-/m1/s1. The Morgan fingerprint density at radius 3 is 2.74 bits per heavy atom. The van der Waals surface area contributed by atoms with Crippen molar-refractivity contribution in [3.8, 4) is 11.8 Å². The van der Waals surface area contributed by atoms with Gasteiger partial charge in [-0.05, 0) is 24.3 Å². The average Bonchev–Trinajstić information content (AvgIpc) is 3.10. The second-order valence-electron chi connectivity index (χ2n) is 6.59. The Hall–Kier alpha value is -3.79. The smallest absolute Gasteiger partial charge is 0.336 e. The van der Waals surface area contributed by atoms with Gasteiger partial charge in [-0.3, -0.25) is 4.79 Å². The Morgan fingerprint density at radius 2 is 2.03 bits per heavy atom. The van der Waals surface area contributed by atoms with Crippen LogP contribution in [-0.4, -0.2) is 37.8 Å². The predicted molar refractivity (Wildman–Crippen MR) is 96.8 cm³/mol. The highest BCUT2D eigenvalue weighted by molar-refractivity contribution is 7.90. The van der Waals surface area contributed by atoms with Gasteiger partial charge in [0.05, 0.1) is 28.9 Å². The monoisotopic (exact) mass is 452 g/mol. The molecule has 0 aromatic heterocycles. The summed E-state index contributed by atoms with van der Waals surface area (Å²) in [7, 11) is -4.89. The van der Waals surface area contributed by atoms with Gasteiger partial charge in [0.15, 0.2) is 11.6 Å². The number of carbonyl (C=O) groups excluding carboxylic acids is 2. The van der Waals surface area contributed by atoms with E-state index in [4.69, 9.17) is 10.00 Å². The quantitative estimate of drug-likeness (QED) is 0.730. The maximum absolute atomic E-state index is 14.3. The van der Waals surface area contributed by atoms with Crippen molar-refractivity contribution in [1.29, 1.82) is 5.26 Å². The molecule has 2 aliphatic heterocycles. The van der Waals surface area contributed by atoms with E-state index in [1.165, 1.54) is 6.07 Å². The van der Waals surface area contributed by atoms with E-state index < -0.39 is 62.6 Å². The lowest BCUT2D eigenvalue weighted by Crippen LogP contribution is -2.49. The van der Waals surface area contributed by atoms with E-state index in [-0.39, 0.29) is 27.8 Å². The number of urea groups is 1. The van der Waals surface area contributed by atoms with Crippen molar-refractivity contribution >= 4 is 27.6 Å². The summed E-state index contributed by atoms with van der Waals surface area (Å²) in [5, 5.41) is 13.3. The fourth-order valence-corrected chi connectivity index (χ4v) is 4.78. The molecule has 0 fully saturated rings. The number of benzene rings is 2. The minimum absolute atomic E-state index is 0.00670. The number of fused-ring (bicyclic) bond motifs is 2.